The quantitative estimate of drug-likeness (QED) is 0.882. The molecule has 0 aromatic heterocycles. The van der Waals surface area contributed by atoms with Crippen LogP contribution in [0.25, 0.3) is 0 Å². The van der Waals surface area contributed by atoms with Crippen LogP contribution in [0.2, 0.25) is 0 Å². The molecule has 0 spiro atoms. The molecule has 1 saturated heterocycles. The number of phenols is 1. The van der Waals surface area contributed by atoms with Crippen molar-refractivity contribution in [1.82, 2.24) is 9.80 Å². The zero-order valence-corrected chi connectivity index (χ0v) is 12.1. The van der Waals surface area contributed by atoms with Crippen LogP contribution in [0.15, 0.2) is 18.2 Å². The highest BCUT2D eigenvalue weighted by molar-refractivity contribution is 5.97. The van der Waals surface area contributed by atoms with Gasteiger partial charge in [0.25, 0.3) is 5.91 Å². The normalized spacial score (nSPS) is 23.1. The molecule has 0 aliphatic carbocycles. The van der Waals surface area contributed by atoms with Crippen molar-refractivity contribution in [3.63, 3.8) is 0 Å². The van der Waals surface area contributed by atoms with E-state index in [0.29, 0.717) is 17.5 Å². The first-order chi connectivity index (χ1) is 8.90. The second-order valence-electron chi connectivity index (χ2n) is 5.74. The molecule has 1 aliphatic rings. The summed E-state index contributed by atoms with van der Waals surface area (Å²) in [5, 5.41) is 9.91. The van der Waals surface area contributed by atoms with Gasteiger partial charge in [-0.2, -0.15) is 0 Å². The molecule has 104 valence electrons. The van der Waals surface area contributed by atoms with Crippen molar-refractivity contribution in [2.45, 2.75) is 19.9 Å². The highest BCUT2D eigenvalue weighted by Gasteiger charge is 2.34. The Morgan fingerprint density at radius 3 is 2.58 bits per heavy atom. The number of phenolic OH excluding ortho intramolecular Hbond substituents is 1. The lowest BCUT2D eigenvalue weighted by atomic mass is 10.1. The minimum absolute atomic E-state index is 0.0750. The van der Waals surface area contributed by atoms with Crippen LogP contribution in [0.3, 0.4) is 0 Å². The van der Waals surface area contributed by atoms with Crippen LogP contribution in [0, 0.1) is 12.8 Å². The maximum absolute atomic E-state index is 12.4. The molecular formula is C15H22N2O2. The fraction of sp³-hybridized carbons (Fsp3) is 0.533. The molecule has 4 heteroatoms. The molecule has 1 fully saturated rings. The molecule has 1 heterocycles. The maximum atomic E-state index is 12.4. The van der Waals surface area contributed by atoms with Crippen molar-refractivity contribution in [3.05, 3.63) is 29.3 Å². The predicted molar refractivity (Wildman–Crippen MR) is 75.4 cm³/mol. The molecule has 1 N–H and O–H groups in total. The first-order valence-corrected chi connectivity index (χ1v) is 6.65. The van der Waals surface area contributed by atoms with Gasteiger partial charge in [-0.3, -0.25) is 4.79 Å². The summed E-state index contributed by atoms with van der Waals surface area (Å²) in [7, 11) is 4.08. The molecular weight excluding hydrogens is 240 g/mol. The number of rotatable bonds is 2. The Hall–Kier alpha value is -1.55. The van der Waals surface area contributed by atoms with Gasteiger partial charge in [0.15, 0.2) is 0 Å². The number of likely N-dealkylation sites (N-methyl/N-ethyl adjacent to an activating group) is 1. The van der Waals surface area contributed by atoms with Crippen LogP contribution in [0.4, 0.5) is 0 Å². The summed E-state index contributed by atoms with van der Waals surface area (Å²) in [6.45, 7) is 5.52. The summed E-state index contributed by atoms with van der Waals surface area (Å²) in [4.78, 5) is 16.4. The highest BCUT2D eigenvalue weighted by atomic mass is 16.3. The van der Waals surface area contributed by atoms with Crippen molar-refractivity contribution >= 4 is 5.91 Å². The van der Waals surface area contributed by atoms with Crippen LogP contribution in [0.5, 0.6) is 5.75 Å². The zero-order valence-electron chi connectivity index (χ0n) is 12.1. The first-order valence-electron chi connectivity index (χ1n) is 6.65. The van der Waals surface area contributed by atoms with E-state index in [4.69, 9.17) is 0 Å². The Labute approximate surface area is 114 Å². The molecule has 0 saturated carbocycles. The summed E-state index contributed by atoms with van der Waals surface area (Å²) in [5.74, 6) is 0.450. The van der Waals surface area contributed by atoms with Gasteiger partial charge in [-0.05, 0) is 44.6 Å². The fourth-order valence-electron chi connectivity index (χ4n) is 2.78. The average molecular weight is 262 g/mol. The molecule has 19 heavy (non-hydrogen) atoms. The second kappa shape index (κ2) is 5.21. The second-order valence-corrected chi connectivity index (χ2v) is 5.74. The van der Waals surface area contributed by atoms with Crippen molar-refractivity contribution < 1.29 is 9.90 Å². The van der Waals surface area contributed by atoms with Gasteiger partial charge in [-0.15, -0.1) is 0 Å². The molecule has 2 rings (SSSR count). The Morgan fingerprint density at radius 2 is 2.05 bits per heavy atom. The molecule has 1 aromatic carbocycles. The lowest BCUT2D eigenvalue weighted by Gasteiger charge is -2.22. The zero-order chi connectivity index (χ0) is 14.2. The van der Waals surface area contributed by atoms with E-state index >= 15 is 0 Å². The van der Waals surface area contributed by atoms with Gasteiger partial charge in [-0.25, -0.2) is 0 Å². The highest BCUT2D eigenvalue weighted by Crippen LogP contribution is 2.25. The number of benzene rings is 1. The van der Waals surface area contributed by atoms with Crippen LogP contribution in [-0.2, 0) is 0 Å². The SMILES string of the molecule is Cc1ccc(C(=O)N2CC(C)C(N(C)C)C2)c(O)c1. The van der Waals surface area contributed by atoms with Crippen LogP contribution in [0.1, 0.15) is 22.8 Å². The van der Waals surface area contributed by atoms with Gasteiger partial charge in [0.2, 0.25) is 0 Å². The van der Waals surface area contributed by atoms with Crippen LogP contribution < -0.4 is 0 Å². The van der Waals surface area contributed by atoms with Crippen molar-refractivity contribution in [2.24, 2.45) is 5.92 Å². The summed E-state index contributed by atoms with van der Waals surface area (Å²) in [6, 6.07) is 5.59. The van der Waals surface area contributed by atoms with E-state index in [0.717, 1.165) is 18.7 Å². The summed E-state index contributed by atoms with van der Waals surface area (Å²) >= 11 is 0. The van der Waals surface area contributed by atoms with E-state index < -0.39 is 0 Å². The van der Waals surface area contributed by atoms with E-state index in [2.05, 4.69) is 11.8 Å². The number of likely N-dealkylation sites (tertiary alicyclic amines) is 1. The van der Waals surface area contributed by atoms with Gasteiger partial charge < -0.3 is 14.9 Å². The number of hydrogen-bond donors (Lipinski definition) is 1. The third kappa shape index (κ3) is 2.73. The van der Waals surface area contributed by atoms with Crippen molar-refractivity contribution in [1.29, 1.82) is 0 Å². The largest absolute Gasteiger partial charge is 0.507 e. The Kier molecular flexibility index (Phi) is 3.80. The standard InChI is InChI=1S/C15H22N2O2/c1-10-5-6-12(14(18)7-10)15(19)17-8-11(2)13(9-17)16(3)4/h5-7,11,13,18H,8-9H2,1-4H3. The van der Waals surface area contributed by atoms with Crippen molar-refractivity contribution in [2.75, 3.05) is 27.2 Å². The minimum atomic E-state index is -0.0753. The number of amides is 1. The summed E-state index contributed by atoms with van der Waals surface area (Å²) in [6.07, 6.45) is 0. The lowest BCUT2D eigenvalue weighted by molar-refractivity contribution is 0.0778. The van der Waals surface area contributed by atoms with Crippen LogP contribution in [-0.4, -0.2) is 54.0 Å². The Balaban J connectivity index is 2.17. The van der Waals surface area contributed by atoms with E-state index in [1.54, 1.807) is 12.1 Å². The summed E-state index contributed by atoms with van der Waals surface area (Å²) < 4.78 is 0. The number of hydrogen-bond acceptors (Lipinski definition) is 3. The van der Waals surface area contributed by atoms with Crippen LogP contribution >= 0.6 is 0 Å². The molecule has 0 bridgehead atoms. The molecule has 2 atom stereocenters. The predicted octanol–water partition coefficient (Wildman–Crippen LogP) is 1.72. The number of nitrogens with zero attached hydrogens (tertiary/aromatic N) is 2. The average Bonchev–Trinajstić information content (AvgIpc) is 2.70. The third-order valence-electron chi connectivity index (χ3n) is 3.91. The molecule has 4 nitrogen and oxygen atoms in total. The van der Waals surface area contributed by atoms with E-state index in [1.807, 2.05) is 32.0 Å². The number of aromatic hydroxyl groups is 1. The minimum Gasteiger partial charge on any atom is -0.507 e. The topological polar surface area (TPSA) is 43.8 Å². The number of aryl methyl sites for hydroxylation is 1. The van der Waals surface area contributed by atoms with Gasteiger partial charge in [-0.1, -0.05) is 13.0 Å². The molecule has 0 radical (unpaired) electrons. The van der Waals surface area contributed by atoms with Gasteiger partial charge in [0, 0.05) is 19.1 Å². The smallest absolute Gasteiger partial charge is 0.257 e. The van der Waals surface area contributed by atoms with E-state index in [1.165, 1.54) is 0 Å². The number of carbonyl (C=O) groups is 1. The van der Waals surface area contributed by atoms with E-state index in [-0.39, 0.29) is 11.7 Å². The lowest BCUT2D eigenvalue weighted by Crippen LogP contribution is -2.35. The maximum Gasteiger partial charge on any atom is 0.257 e. The third-order valence-corrected chi connectivity index (χ3v) is 3.91. The van der Waals surface area contributed by atoms with Crippen molar-refractivity contribution in [3.8, 4) is 5.75 Å². The first kappa shape index (κ1) is 13.9. The number of carbonyl (C=O) groups excluding carboxylic acids is 1. The van der Waals surface area contributed by atoms with E-state index in [9.17, 15) is 9.90 Å². The molecule has 1 aromatic rings. The molecule has 1 aliphatic heterocycles. The Bertz CT molecular complexity index is 485. The van der Waals surface area contributed by atoms with Gasteiger partial charge >= 0.3 is 0 Å². The van der Waals surface area contributed by atoms with Gasteiger partial charge in [0.1, 0.15) is 5.75 Å². The Morgan fingerprint density at radius 1 is 1.37 bits per heavy atom. The van der Waals surface area contributed by atoms with Gasteiger partial charge in [0.05, 0.1) is 5.56 Å². The summed E-state index contributed by atoms with van der Waals surface area (Å²) in [5.41, 5.74) is 1.35. The molecule has 2 unspecified atom stereocenters. The monoisotopic (exact) mass is 262 g/mol. The fourth-order valence-corrected chi connectivity index (χ4v) is 2.78. The molecule has 1 amide bonds.